The lowest BCUT2D eigenvalue weighted by Gasteiger charge is -2.06. The van der Waals surface area contributed by atoms with Gasteiger partial charge in [-0.3, -0.25) is 4.79 Å². The van der Waals surface area contributed by atoms with Gasteiger partial charge in [0.25, 0.3) is 5.91 Å². The molecule has 3 nitrogen and oxygen atoms in total. The van der Waals surface area contributed by atoms with Gasteiger partial charge >= 0.3 is 0 Å². The number of nitrogens with one attached hydrogen (secondary N) is 1. The normalized spacial score (nSPS) is 10.9. The molecule has 0 atom stereocenters. The van der Waals surface area contributed by atoms with Crippen LogP contribution in [-0.4, -0.2) is 17.4 Å². The SMILES string of the molecule is CC(C)c1csc(CCNC(=O)c2ccc(Cl)cc2Cl)n1. The van der Waals surface area contributed by atoms with Gasteiger partial charge in [-0.1, -0.05) is 37.0 Å². The van der Waals surface area contributed by atoms with Crippen molar-refractivity contribution in [2.24, 2.45) is 0 Å². The number of carbonyl (C=O) groups is 1. The van der Waals surface area contributed by atoms with Crippen LogP contribution in [0.4, 0.5) is 0 Å². The zero-order chi connectivity index (χ0) is 15.4. The average Bonchev–Trinajstić information content (AvgIpc) is 2.87. The van der Waals surface area contributed by atoms with E-state index < -0.39 is 0 Å². The standard InChI is InChI=1S/C15H16Cl2N2OS/c1-9(2)13-8-21-14(19-13)5-6-18-15(20)11-4-3-10(16)7-12(11)17/h3-4,7-9H,5-6H2,1-2H3,(H,18,20). The highest BCUT2D eigenvalue weighted by Gasteiger charge is 2.11. The third-order valence-electron chi connectivity index (χ3n) is 2.96. The molecule has 1 aromatic heterocycles. The van der Waals surface area contributed by atoms with Crippen LogP contribution in [0.25, 0.3) is 0 Å². The predicted octanol–water partition coefficient (Wildman–Crippen LogP) is 4.55. The van der Waals surface area contributed by atoms with Crippen molar-refractivity contribution in [3.8, 4) is 0 Å². The fourth-order valence-electron chi connectivity index (χ4n) is 1.76. The Bertz CT molecular complexity index is 640. The molecule has 2 aromatic rings. The number of rotatable bonds is 5. The highest BCUT2D eigenvalue weighted by molar-refractivity contribution is 7.09. The lowest BCUT2D eigenvalue weighted by Crippen LogP contribution is -2.25. The monoisotopic (exact) mass is 342 g/mol. The molecule has 0 unspecified atom stereocenters. The largest absolute Gasteiger partial charge is 0.352 e. The topological polar surface area (TPSA) is 42.0 Å². The molecule has 2 rings (SSSR count). The van der Waals surface area contributed by atoms with Crippen LogP contribution >= 0.6 is 34.5 Å². The van der Waals surface area contributed by atoms with Crippen LogP contribution in [0.3, 0.4) is 0 Å². The predicted molar refractivity (Wildman–Crippen MR) is 88.7 cm³/mol. The van der Waals surface area contributed by atoms with Gasteiger partial charge in [-0.25, -0.2) is 4.98 Å². The summed E-state index contributed by atoms with van der Waals surface area (Å²) in [4.78, 5) is 16.6. The van der Waals surface area contributed by atoms with Crippen molar-refractivity contribution in [3.05, 3.63) is 49.9 Å². The number of nitrogens with zero attached hydrogens (tertiary/aromatic N) is 1. The van der Waals surface area contributed by atoms with Gasteiger partial charge in [0.05, 0.1) is 21.3 Å². The molecule has 0 fully saturated rings. The van der Waals surface area contributed by atoms with Crippen molar-refractivity contribution in [2.45, 2.75) is 26.2 Å². The van der Waals surface area contributed by atoms with Gasteiger partial charge in [-0.15, -0.1) is 11.3 Å². The van der Waals surface area contributed by atoms with Crippen molar-refractivity contribution >= 4 is 40.4 Å². The van der Waals surface area contributed by atoms with Crippen molar-refractivity contribution in [2.75, 3.05) is 6.54 Å². The van der Waals surface area contributed by atoms with Crippen LogP contribution in [0, 0.1) is 0 Å². The number of halogens is 2. The van der Waals surface area contributed by atoms with Crippen molar-refractivity contribution in [1.82, 2.24) is 10.3 Å². The van der Waals surface area contributed by atoms with Crippen LogP contribution in [0.5, 0.6) is 0 Å². The highest BCUT2D eigenvalue weighted by Crippen LogP contribution is 2.21. The molecular formula is C15H16Cl2N2OS. The first-order chi connectivity index (χ1) is 9.97. The summed E-state index contributed by atoms with van der Waals surface area (Å²) < 4.78 is 0. The first-order valence-corrected chi connectivity index (χ1v) is 8.28. The summed E-state index contributed by atoms with van der Waals surface area (Å²) in [7, 11) is 0. The lowest BCUT2D eigenvalue weighted by molar-refractivity contribution is 0.0954. The highest BCUT2D eigenvalue weighted by atomic mass is 35.5. The third-order valence-corrected chi connectivity index (χ3v) is 4.44. The molecule has 0 radical (unpaired) electrons. The molecule has 112 valence electrons. The Labute approximate surface area is 138 Å². The van der Waals surface area contributed by atoms with E-state index in [0.29, 0.717) is 34.5 Å². The van der Waals surface area contributed by atoms with Crippen LogP contribution in [0.1, 0.15) is 40.8 Å². The molecule has 0 aliphatic heterocycles. The molecule has 1 amide bonds. The molecular weight excluding hydrogens is 327 g/mol. The van der Waals surface area contributed by atoms with Gasteiger partial charge in [0.15, 0.2) is 0 Å². The number of hydrogen-bond donors (Lipinski definition) is 1. The van der Waals surface area contributed by atoms with Crippen LogP contribution in [0.2, 0.25) is 10.0 Å². The van der Waals surface area contributed by atoms with E-state index in [1.807, 2.05) is 0 Å². The molecule has 0 aliphatic carbocycles. The number of aromatic nitrogens is 1. The Balaban J connectivity index is 1.89. The number of hydrogen-bond acceptors (Lipinski definition) is 3. The molecule has 0 aliphatic rings. The maximum atomic E-state index is 12.0. The van der Waals surface area contributed by atoms with Crippen molar-refractivity contribution < 1.29 is 4.79 Å². The fraction of sp³-hybridized carbons (Fsp3) is 0.333. The smallest absolute Gasteiger partial charge is 0.252 e. The quantitative estimate of drug-likeness (QED) is 0.866. The Kier molecular flexibility index (Phi) is 5.62. The van der Waals surface area contributed by atoms with E-state index in [2.05, 4.69) is 29.5 Å². The van der Waals surface area contributed by atoms with Crippen LogP contribution in [-0.2, 0) is 6.42 Å². The summed E-state index contributed by atoms with van der Waals surface area (Å²) in [5.41, 5.74) is 1.53. The molecule has 0 saturated heterocycles. The van der Waals surface area contributed by atoms with Gasteiger partial charge < -0.3 is 5.32 Å². The van der Waals surface area contributed by atoms with Gasteiger partial charge in [-0.05, 0) is 24.1 Å². The first-order valence-electron chi connectivity index (χ1n) is 6.65. The minimum Gasteiger partial charge on any atom is -0.352 e. The number of carbonyl (C=O) groups excluding carboxylic acids is 1. The van der Waals surface area contributed by atoms with E-state index in [9.17, 15) is 4.79 Å². The summed E-state index contributed by atoms with van der Waals surface area (Å²) in [5.74, 6) is 0.231. The average molecular weight is 343 g/mol. The molecule has 21 heavy (non-hydrogen) atoms. The van der Waals surface area contributed by atoms with E-state index >= 15 is 0 Å². The Morgan fingerprint density at radius 3 is 2.76 bits per heavy atom. The third kappa shape index (κ3) is 4.43. The van der Waals surface area contributed by atoms with E-state index in [1.54, 1.807) is 29.5 Å². The van der Waals surface area contributed by atoms with Crippen LogP contribution in [0.15, 0.2) is 23.6 Å². The zero-order valence-corrected chi connectivity index (χ0v) is 14.1. The molecule has 1 aromatic carbocycles. The maximum absolute atomic E-state index is 12.0. The van der Waals surface area contributed by atoms with E-state index in [1.165, 1.54) is 0 Å². The van der Waals surface area contributed by atoms with Gasteiger partial charge in [0.2, 0.25) is 0 Å². The number of thiazole rings is 1. The fourth-order valence-corrected chi connectivity index (χ4v) is 3.21. The molecule has 1 N–H and O–H groups in total. The summed E-state index contributed by atoms with van der Waals surface area (Å²) in [6.45, 7) is 4.76. The summed E-state index contributed by atoms with van der Waals surface area (Å²) >= 11 is 13.4. The Hall–Kier alpha value is -1.10. The maximum Gasteiger partial charge on any atom is 0.252 e. The first kappa shape index (κ1) is 16.3. The van der Waals surface area contributed by atoms with Crippen molar-refractivity contribution in [3.63, 3.8) is 0 Å². The number of amides is 1. The molecule has 6 heteroatoms. The Morgan fingerprint density at radius 1 is 1.38 bits per heavy atom. The molecule has 0 bridgehead atoms. The van der Waals surface area contributed by atoms with Crippen molar-refractivity contribution in [1.29, 1.82) is 0 Å². The zero-order valence-electron chi connectivity index (χ0n) is 11.8. The van der Waals surface area contributed by atoms with Gasteiger partial charge in [0.1, 0.15) is 0 Å². The Morgan fingerprint density at radius 2 is 2.14 bits per heavy atom. The molecule has 0 saturated carbocycles. The second-order valence-electron chi connectivity index (χ2n) is 4.95. The minimum atomic E-state index is -0.197. The van der Waals surface area contributed by atoms with E-state index in [-0.39, 0.29) is 5.91 Å². The van der Waals surface area contributed by atoms with Gasteiger partial charge in [-0.2, -0.15) is 0 Å². The van der Waals surface area contributed by atoms with E-state index in [4.69, 9.17) is 23.2 Å². The second kappa shape index (κ2) is 7.25. The number of benzene rings is 1. The van der Waals surface area contributed by atoms with Gasteiger partial charge in [0, 0.05) is 23.4 Å². The molecule has 1 heterocycles. The second-order valence-corrected chi connectivity index (χ2v) is 6.74. The summed E-state index contributed by atoms with van der Waals surface area (Å²) in [6, 6.07) is 4.84. The lowest BCUT2D eigenvalue weighted by atomic mass is 10.2. The van der Waals surface area contributed by atoms with Crippen LogP contribution < -0.4 is 5.32 Å². The summed E-state index contributed by atoms with van der Waals surface area (Å²) in [5, 5.41) is 6.81. The summed E-state index contributed by atoms with van der Waals surface area (Å²) in [6.07, 6.45) is 0.717. The minimum absolute atomic E-state index is 0.197. The molecule has 0 spiro atoms. The van der Waals surface area contributed by atoms with E-state index in [0.717, 1.165) is 10.7 Å².